The van der Waals surface area contributed by atoms with Crippen molar-refractivity contribution in [3.8, 4) is 5.69 Å². The van der Waals surface area contributed by atoms with Crippen molar-refractivity contribution in [2.75, 3.05) is 13.1 Å². The molecule has 1 unspecified atom stereocenters. The molecule has 1 amide bonds. The molecule has 5 rings (SSSR count). The Morgan fingerprint density at radius 3 is 2.71 bits per heavy atom. The normalized spacial score (nSPS) is 19.1. The van der Waals surface area contributed by atoms with Crippen molar-refractivity contribution in [3.05, 3.63) is 58.9 Å². The molecule has 0 radical (unpaired) electrons. The summed E-state index contributed by atoms with van der Waals surface area (Å²) >= 11 is 0. The lowest BCUT2D eigenvalue weighted by molar-refractivity contribution is 0.0701. The number of nitrogens with zero attached hydrogens (tertiary/aromatic N) is 6. The molecule has 2 fully saturated rings. The highest BCUT2D eigenvalue weighted by Gasteiger charge is 2.34. The van der Waals surface area contributed by atoms with Gasteiger partial charge in [0.1, 0.15) is 23.7 Å². The minimum Gasteiger partial charge on any atom is -0.338 e. The summed E-state index contributed by atoms with van der Waals surface area (Å²) in [5.41, 5.74) is 1.65. The van der Waals surface area contributed by atoms with Crippen molar-refractivity contribution in [1.29, 1.82) is 0 Å². The molecule has 1 aliphatic heterocycles. The summed E-state index contributed by atoms with van der Waals surface area (Å²) < 4.78 is 31.2. The Morgan fingerprint density at radius 2 is 1.97 bits per heavy atom. The monoisotopic (exact) mass is 426 g/mol. The average Bonchev–Trinajstić information content (AvgIpc) is 3.40. The predicted molar refractivity (Wildman–Crippen MR) is 109 cm³/mol. The molecule has 7 nitrogen and oxygen atoms in total. The van der Waals surface area contributed by atoms with Gasteiger partial charge in [0.2, 0.25) is 0 Å². The maximum absolute atomic E-state index is 14.3. The second kappa shape index (κ2) is 7.55. The smallest absolute Gasteiger partial charge is 0.257 e. The molecule has 2 aliphatic rings. The summed E-state index contributed by atoms with van der Waals surface area (Å²) in [6, 6.07) is 3.82. The van der Waals surface area contributed by atoms with Crippen LogP contribution in [0.3, 0.4) is 0 Å². The van der Waals surface area contributed by atoms with E-state index in [1.165, 1.54) is 16.8 Å². The van der Waals surface area contributed by atoms with Crippen molar-refractivity contribution in [2.24, 2.45) is 0 Å². The van der Waals surface area contributed by atoms with Gasteiger partial charge in [0.15, 0.2) is 5.82 Å². The first-order valence-corrected chi connectivity index (χ1v) is 10.6. The molecule has 0 bridgehead atoms. The van der Waals surface area contributed by atoms with Crippen LogP contribution in [-0.2, 0) is 0 Å². The number of hydrogen-bond acceptors (Lipinski definition) is 4. The lowest BCUT2D eigenvalue weighted by Gasteiger charge is -2.32. The minimum atomic E-state index is -0.720. The summed E-state index contributed by atoms with van der Waals surface area (Å²) in [5.74, 6) is -0.394. The fourth-order valence-electron chi connectivity index (χ4n) is 4.55. The highest BCUT2D eigenvalue weighted by atomic mass is 19.1. The largest absolute Gasteiger partial charge is 0.338 e. The molecular weight excluding hydrogens is 402 g/mol. The number of aryl methyl sites for hydroxylation is 1. The van der Waals surface area contributed by atoms with Crippen LogP contribution in [0.4, 0.5) is 8.78 Å². The molecule has 31 heavy (non-hydrogen) atoms. The average molecular weight is 426 g/mol. The van der Waals surface area contributed by atoms with Gasteiger partial charge in [-0.15, -0.1) is 10.2 Å². The first kappa shape index (κ1) is 19.8. The van der Waals surface area contributed by atoms with E-state index in [0.717, 1.165) is 37.6 Å². The van der Waals surface area contributed by atoms with Gasteiger partial charge in [-0.1, -0.05) is 0 Å². The summed E-state index contributed by atoms with van der Waals surface area (Å²) in [4.78, 5) is 15.3. The number of halogens is 2. The van der Waals surface area contributed by atoms with Crippen molar-refractivity contribution < 1.29 is 13.6 Å². The minimum absolute atomic E-state index is 0.119. The topological polar surface area (TPSA) is 68.8 Å². The van der Waals surface area contributed by atoms with E-state index >= 15 is 0 Å². The third kappa shape index (κ3) is 3.51. The van der Waals surface area contributed by atoms with Gasteiger partial charge in [-0.3, -0.25) is 4.79 Å². The van der Waals surface area contributed by atoms with E-state index in [2.05, 4.69) is 19.9 Å². The Labute approximate surface area is 178 Å². The van der Waals surface area contributed by atoms with Crippen molar-refractivity contribution in [1.82, 2.24) is 29.4 Å². The number of hydrogen-bond donors (Lipinski definition) is 0. The van der Waals surface area contributed by atoms with Crippen LogP contribution in [0.15, 0.2) is 24.5 Å². The fraction of sp³-hybridized carbons (Fsp3) is 0.455. The standard InChI is InChI=1S/C22H24F2N6O/c1-13-20(14(2)30(27-13)19-8-5-16(23)10-18(19)24)22(31)28-9-3-4-15(11-28)21-26-25-12-29(21)17-6-7-17/h5,8,10,12,15,17H,3-4,6-7,9,11H2,1-2H3. The van der Waals surface area contributed by atoms with E-state index in [4.69, 9.17) is 0 Å². The Balaban J connectivity index is 1.42. The van der Waals surface area contributed by atoms with Crippen LogP contribution in [0.5, 0.6) is 0 Å². The first-order valence-electron chi connectivity index (χ1n) is 10.6. The van der Waals surface area contributed by atoms with Crippen LogP contribution in [0.1, 0.15) is 65.2 Å². The molecule has 1 atom stereocenters. The molecule has 1 saturated carbocycles. The Bertz CT molecular complexity index is 1150. The maximum atomic E-state index is 14.3. The van der Waals surface area contributed by atoms with Crippen LogP contribution in [-0.4, -0.2) is 48.4 Å². The predicted octanol–water partition coefficient (Wildman–Crippen LogP) is 3.71. The van der Waals surface area contributed by atoms with Gasteiger partial charge in [-0.25, -0.2) is 13.5 Å². The number of benzene rings is 1. The number of amides is 1. The highest BCUT2D eigenvalue weighted by molar-refractivity contribution is 5.96. The Hall–Kier alpha value is -3.10. The molecule has 9 heteroatoms. The third-order valence-corrected chi connectivity index (χ3v) is 6.26. The fourth-order valence-corrected chi connectivity index (χ4v) is 4.55. The second-order valence-electron chi connectivity index (χ2n) is 8.47. The van der Waals surface area contributed by atoms with E-state index in [1.807, 2.05) is 4.90 Å². The molecule has 1 aliphatic carbocycles. The first-order chi connectivity index (χ1) is 14.9. The lowest BCUT2D eigenvalue weighted by atomic mass is 9.96. The second-order valence-corrected chi connectivity index (χ2v) is 8.47. The summed E-state index contributed by atoms with van der Waals surface area (Å²) in [5, 5.41) is 12.8. The van der Waals surface area contributed by atoms with Gasteiger partial charge < -0.3 is 9.47 Å². The molecule has 162 valence electrons. The number of aromatic nitrogens is 5. The van der Waals surface area contributed by atoms with Crippen LogP contribution >= 0.6 is 0 Å². The van der Waals surface area contributed by atoms with Crippen molar-refractivity contribution in [3.63, 3.8) is 0 Å². The van der Waals surface area contributed by atoms with Gasteiger partial charge >= 0.3 is 0 Å². The summed E-state index contributed by atoms with van der Waals surface area (Å²) in [6.45, 7) is 4.70. The van der Waals surface area contributed by atoms with Gasteiger partial charge in [-0.2, -0.15) is 5.10 Å². The van der Waals surface area contributed by atoms with Crippen LogP contribution in [0.25, 0.3) is 5.69 Å². The molecule has 1 saturated heterocycles. The number of rotatable bonds is 4. The zero-order chi connectivity index (χ0) is 21.7. The summed E-state index contributed by atoms with van der Waals surface area (Å²) in [7, 11) is 0. The SMILES string of the molecule is Cc1nn(-c2ccc(F)cc2F)c(C)c1C(=O)N1CCCC(c2nncn2C2CC2)C1. The van der Waals surface area contributed by atoms with Crippen LogP contribution in [0, 0.1) is 25.5 Å². The van der Waals surface area contributed by atoms with Gasteiger partial charge in [0.25, 0.3) is 5.91 Å². The number of carbonyl (C=O) groups excluding carboxylic acids is 1. The van der Waals surface area contributed by atoms with Crippen LogP contribution in [0.2, 0.25) is 0 Å². The molecule has 3 heterocycles. The van der Waals surface area contributed by atoms with E-state index in [9.17, 15) is 13.6 Å². The Kier molecular flexibility index (Phi) is 4.83. The van der Waals surface area contributed by atoms with Crippen molar-refractivity contribution in [2.45, 2.75) is 51.5 Å². The molecule has 1 aromatic carbocycles. The van der Waals surface area contributed by atoms with E-state index < -0.39 is 11.6 Å². The number of likely N-dealkylation sites (tertiary alicyclic amines) is 1. The molecule has 2 aromatic heterocycles. The summed E-state index contributed by atoms with van der Waals surface area (Å²) in [6.07, 6.45) is 5.94. The lowest BCUT2D eigenvalue weighted by Crippen LogP contribution is -2.40. The van der Waals surface area contributed by atoms with E-state index in [0.29, 0.717) is 36.1 Å². The number of carbonyl (C=O) groups is 1. The molecular formula is C22H24F2N6O. The zero-order valence-electron chi connectivity index (χ0n) is 17.6. The maximum Gasteiger partial charge on any atom is 0.257 e. The highest BCUT2D eigenvalue weighted by Crippen LogP contribution is 2.38. The quantitative estimate of drug-likeness (QED) is 0.638. The van der Waals surface area contributed by atoms with E-state index in [1.54, 1.807) is 20.2 Å². The third-order valence-electron chi connectivity index (χ3n) is 6.26. The Morgan fingerprint density at radius 1 is 1.16 bits per heavy atom. The van der Waals surface area contributed by atoms with Crippen LogP contribution < -0.4 is 0 Å². The molecule has 3 aromatic rings. The van der Waals surface area contributed by atoms with Crippen molar-refractivity contribution >= 4 is 5.91 Å². The number of piperidine rings is 1. The van der Waals surface area contributed by atoms with E-state index in [-0.39, 0.29) is 17.5 Å². The van der Waals surface area contributed by atoms with Gasteiger partial charge in [0.05, 0.1) is 17.0 Å². The molecule has 0 spiro atoms. The van der Waals surface area contributed by atoms with Gasteiger partial charge in [0, 0.05) is 31.1 Å². The zero-order valence-corrected chi connectivity index (χ0v) is 17.6. The van der Waals surface area contributed by atoms with Gasteiger partial charge in [-0.05, 0) is 51.7 Å². The molecule has 0 N–H and O–H groups in total.